The molecule has 6 fully saturated rings. The van der Waals surface area contributed by atoms with E-state index in [0.29, 0.717) is 35.0 Å². The minimum Gasteiger partial charge on any atom is -0.463 e. The van der Waals surface area contributed by atoms with Crippen LogP contribution in [0.15, 0.2) is 0 Å². The van der Waals surface area contributed by atoms with Gasteiger partial charge in [-0.15, -0.1) is 0 Å². The van der Waals surface area contributed by atoms with Gasteiger partial charge in [0.05, 0.1) is 6.61 Å². The van der Waals surface area contributed by atoms with E-state index in [9.17, 15) is 9.90 Å². The Balaban J connectivity index is 1.24. The molecule has 0 unspecified atom stereocenters. The summed E-state index contributed by atoms with van der Waals surface area (Å²) >= 11 is 0. The molecule has 12 atom stereocenters. The molecule has 5 heteroatoms. The minimum atomic E-state index is -1.04. The van der Waals surface area contributed by atoms with E-state index in [0.717, 1.165) is 45.1 Å². The van der Waals surface area contributed by atoms with Crippen molar-refractivity contribution in [2.75, 3.05) is 6.61 Å². The van der Waals surface area contributed by atoms with Crippen molar-refractivity contribution in [2.24, 2.45) is 52.3 Å². The van der Waals surface area contributed by atoms with Gasteiger partial charge in [0.2, 0.25) is 0 Å². The van der Waals surface area contributed by atoms with Crippen molar-refractivity contribution in [1.29, 1.82) is 0 Å². The molecule has 0 aromatic carbocycles. The molecular formula is C29H46O5. The lowest BCUT2D eigenvalue weighted by atomic mass is 9.44. The fraction of sp³-hybridized carbons (Fsp3) is 0.966. The second-order valence-corrected chi connectivity index (χ2v) is 13.9. The number of esters is 1. The summed E-state index contributed by atoms with van der Waals surface area (Å²) in [7, 11) is 0. The fourth-order valence-corrected chi connectivity index (χ4v) is 10.7. The van der Waals surface area contributed by atoms with Gasteiger partial charge in [-0.05, 0) is 91.8 Å². The highest BCUT2D eigenvalue weighted by molar-refractivity contribution is 5.66. The quantitative estimate of drug-likeness (QED) is 0.495. The Kier molecular flexibility index (Phi) is 5.36. The summed E-state index contributed by atoms with van der Waals surface area (Å²) in [6, 6.07) is 0. The third kappa shape index (κ3) is 3.18. The topological polar surface area (TPSA) is 65.0 Å². The number of hydrogen-bond acceptors (Lipinski definition) is 5. The maximum absolute atomic E-state index is 12.0. The molecule has 192 valence electrons. The maximum atomic E-state index is 12.0. The molecule has 34 heavy (non-hydrogen) atoms. The first-order valence-corrected chi connectivity index (χ1v) is 14.2. The van der Waals surface area contributed by atoms with E-state index in [1.54, 1.807) is 6.92 Å². The van der Waals surface area contributed by atoms with Gasteiger partial charge in [-0.3, -0.25) is 4.79 Å². The van der Waals surface area contributed by atoms with Crippen LogP contribution in [-0.4, -0.2) is 35.4 Å². The molecule has 0 amide bonds. The molecule has 0 bridgehead atoms. The highest BCUT2D eigenvalue weighted by Crippen LogP contribution is 2.73. The van der Waals surface area contributed by atoms with E-state index >= 15 is 0 Å². The van der Waals surface area contributed by atoms with Crippen LogP contribution in [0.3, 0.4) is 0 Å². The first-order valence-electron chi connectivity index (χ1n) is 14.2. The summed E-state index contributed by atoms with van der Waals surface area (Å²) in [5.74, 6) is 1.73. The zero-order valence-electron chi connectivity index (χ0n) is 22.0. The van der Waals surface area contributed by atoms with Gasteiger partial charge in [0, 0.05) is 31.6 Å². The van der Waals surface area contributed by atoms with Crippen LogP contribution < -0.4 is 0 Å². The molecule has 2 heterocycles. The Morgan fingerprint density at radius 3 is 2.44 bits per heavy atom. The molecule has 4 aliphatic carbocycles. The van der Waals surface area contributed by atoms with Crippen molar-refractivity contribution in [1.82, 2.24) is 0 Å². The van der Waals surface area contributed by atoms with Gasteiger partial charge in [-0.2, -0.15) is 0 Å². The van der Waals surface area contributed by atoms with Gasteiger partial charge < -0.3 is 19.3 Å². The van der Waals surface area contributed by atoms with Crippen LogP contribution in [-0.2, 0) is 19.0 Å². The molecule has 6 rings (SSSR count). The van der Waals surface area contributed by atoms with Crippen molar-refractivity contribution in [3.05, 3.63) is 0 Å². The smallest absolute Gasteiger partial charge is 0.302 e. The van der Waals surface area contributed by atoms with Gasteiger partial charge in [-0.25, -0.2) is 0 Å². The Bertz CT molecular complexity index is 834. The maximum Gasteiger partial charge on any atom is 0.302 e. The van der Waals surface area contributed by atoms with Gasteiger partial charge in [-0.1, -0.05) is 27.7 Å². The van der Waals surface area contributed by atoms with E-state index in [2.05, 4.69) is 27.7 Å². The van der Waals surface area contributed by atoms with E-state index in [1.807, 2.05) is 0 Å². The van der Waals surface area contributed by atoms with Gasteiger partial charge in [0.1, 0.15) is 6.10 Å². The van der Waals surface area contributed by atoms with Crippen LogP contribution in [0.4, 0.5) is 0 Å². The van der Waals surface area contributed by atoms with Crippen LogP contribution in [0.2, 0.25) is 0 Å². The monoisotopic (exact) mass is 474 g/mol. The molecule has 0 aromatic heterocycles. The summed E-state index contributed by atoms with van der Waals surface area (Å²) in [6.07, 6.45) is 11.0. The molecule has 6 aliphatic rings. The van der Waals surface area contributed by atoms with Gasteiger partial charge in [0.15, 0.2) is 11.6 Å². The second kappa shape index (κ2) is 7.68. The van der Waals surface area contributed by atoms with Crippen LogP contribution in [0.25, 0.3) is 0 Å². The zero-order chi connectivity index (χ0) is 24.1. The lowest BCUT2D eigenvalue weighted by Gasteiger charge is -2.61. The molecule has 4 saturated carbocycles. The first-order chi connectivity index (χ1) is 16.0. The third-order valence-corrected chi connectivity index (χ3v) is 12.2. The molecule has 0 radical (unpaired) electrons. The number of carbonyl (C=O) groups excluding carboxylic acids is 1. The Labute approximate surface area is 205 Å². The summed E-state index contributed by atoms with van der Waals surface area (Å²) in [5.41, 5.74) is 0.445. The van der Waals surface area contributed by atoms with Crippen LogP contribution in [0, 0.1) is 52.3 Å². The molecule has 1 spiro atoms. The number of aliphatic hydroxyl groups is 1. The van der Waals surface area contributed by atoms with E-state index in [4.69, 9.17) is 14.2 Å². The number of ether oxygens (including phenoxy) is 3. The fourth-order valence-electron chi connectivity index (χ4n) is 10.7. The van der Waals surface area contributed by atoms with E-state index in [1.165, 1.54) is 25.7 Å². The lowest BCUT2D eigenvalue weighted by Crippen LogP contribution is -2.55. The Hall–Kier alpha value is -0.650. The normalized spacial score (nSPS) is 58.5. The largest absolute Gasteiger partial charge is 0.463 e. The second-order valence-electron chi connectivity index (χ2n) is 13.9. The van der Waals surface area contributed by atoms with Crippen molar-refractivity contribution in [3.8, 4) is 0 Å². The molecular weight excluding hydrogens is 428 g/mol. The average molecular weight is 475 g/mol. The number of hydrogen-bond donors (Lipinski definition) is 1. The van der Waals surface area contributed by atoms with Crippen molar-refractivity contribution >= 4 is 5.97 Å². The highest BCUT2D eigenvalue weighted by atomic mass is 16.8. The molecule has 1 N–H and O–H groups in total. The summed E-state index contributed by atoms with van der Waals surface area (Å²) in [4.78, 5) is 11.6. The SMILES string of the molecule is CC(=O)O[C@H]1CC[C@@]2(C)[C@@H](CC[C@@H]3[C@@H]2CC[C@]2(C)[C@H]4[C@H](C)[C@@]5(CC[C@@H](C)CO5)O[C@@]4(O)C[C@@H]32)C1. The lowest BCUT2D eigenvalue weighted by molar-refractivity contribution is -0.331. The standard InChI is InChI=1S/C29H46O5/c1-17-8-13-29(32-16-17)18(2)25-27(5)12-10-23-22(24(27)15-28(25,31)34-29)7-6-20-14-21(33-19(3)30)9-11-26(20,23)4/h17-18,20-25,31H,6-16H2,1-5H3/t17-,18+,20+,21+,22-,23+,24+,25-,26+,27+,28+,29-/m1/s1. The number of carbonyl (C=O) groups is 1. The first kappa shape index (κ1) is 23.7. The Morgan fingerprint density at radius 2 is 1.74 bits per heavy atom. The summed E-state index contributed by atoms with van der Waals surface area (Å²) in [6.45, 7) is 11.8. The van der Waals surface area contributed by atoms with Crippen molar-refractivity contribution in [2.45, 2.75) is 117 Å². The molecule has 0 aromatic rings. The van der Waals surface area contributed by atoms with E-state index in [-0.39, 0.29) is 29.3 Å². The zero-order valence-corrected chi connectivity index (χ0v) is 22.0. The predicted molar refractivity (Wildman–Crippen MR) is 128 cm³/mol. The molecule has 2 aliphatic heterocycles. The van der Waals surface area contributed by atoms with Gasteiger partial charge >= 0.3 is 5.97 Å². The van der Waals surface area contributed by atoms with Gasteiger partial charge in [0.25, 0.3) is 0 Å². The van der Waals surface area contributed by atoms with Crippen LogP contribution in [0.5, 0.6) is 0 Å². The van der Waals surface area contributed by atoms with Crippen molar-refractivity contribution < 1.29 is 24.1 Å². The Morgan fingerprint density at radius 1 is 0.971 bits per heavy atom. The summed E-state index contributed by atoms with van der Waals surface area (Å²) < 4.78 is 18.7. The predicted octanol–water partition coefficient (Wildman–Crippen LogP) is 5.68. The highest BCUT2D eigenvalue weighted by Gasteiger charge is 2.74. The molecule has 5 nitrogen and oxygen atoms in total. The number of rotatable bonds is 1. The number of fused-ring (bicyclic) bond motifs is 7. The summed E-state index contributed by atoms with van der Waals surface area (Å²) in [5, 5.41) is 12.0. The minimum absolute atomic E-state index is 0.108. The van der Waals surface area contributed by atoms with E-state index < -0.39 is 11.6 Å². The van der Waals surface area contributed by atoms with Crippen LogP contribution >= 0.6 is 0 Å². The van der Waals surface area contributed by atoms with Crippen LogP contribution in [0.1, 0.15) is 98.8 Å². The van der Waals surface area contributed by atoms with Crippen molar-refractivity contribution in [3.63, 3.8) is 0 Å². The third-order valence-electron chi connectivity index (χ3n) is 12.2. The molecule has 2 saturated heterocycles. The average Bonchev–Trinajstić information content (AvgIpc) is 3.14.